The molecule has 22 heavy (non-hydrogen) atoms. The largest absolute Gasteiger partial charge is 0.353 e. The number of fused-ring (bicyclic) bond motifs is 1. The van der Waals surface area contributed by atoms with Crippen LogP contribution in [0, 0.1) is 0 Å². The molecule has 0 radical (unpaired) electrons. The lowest BCUT2D eigenvalue weighted by molar-refractivity contribution is -0.122. The zero-order chi connectivity index (χ0) is 15.2. The smallest absolute Gasteiger partial charge is 0.220 e. The summed E-state index contributed by atoms with van der Waals surface area (Å²) in [6, 6.07) is 10.6. The van der Waals surface area contributed by atoms with E-state index in [9.17, 15) is 4.79 Å². The molecule has 1 aliphatic rings. The van der Waals surface area contributed by atoms with Gasteiger partial charge in [0.15, 0.2) is 0 Å². The normalized spacial score (nSPS) is 17.5. The molecule has 1 aromatic carbocycles. The lowest BCUT2D eigenvalue weighted by Gasteiger charge is -2.16. The van der Waals surface area contributed by atoms with Gasteiger partial charge in [0, 0.05) is 25.4 Å². The number of rotatable bonds is 5. The summed E-state index contributed by atoms with van der Waals surface area (Å²) in [4.78, 5) is 12.1. The summed E-state index contributed by atoms with van der Waals surface area (Å²) in [6.45, 7) is 0.886. The topological polar surface area (TPSA) is 59.8 Å². The molecule has 2 heterocycles. The molecule has 1 amide bonds. The first-order chi connectivity index (χ1) is 10.8. The Kier molecular flexibility index (Phi) is 4.83. The highest BCUT2D eigenvalue weighted by Crippen LogP contribution is 2.13. The number of amides is 1. The van der Waals surface area contributed by atoms with Gasteiger partial charge < -0.3 is 9.88 Å². The maximum absolute atomic E-state index is 12.1. The molecule has 1 atom stereocenters. The first-order valence-electron chi connectivity index (χ1n) is 8.01. The lowest BCUT2D eigenvalue weighted by Crippen LogP contribution is -2.35. The zero-order valence-electron chi connectivity index (χ0n) is 12.7. The summed E-state index contributed by atoms with van der Waals surface area (Å²) in [6.07, 6.45) is 7.01. The Labute approximate surface area is 130 Å². The molecule has 0 spiro atoms. The van der Waals surface area contributed by atoms with Crippen molar-refractivity contribution in [3.05, 3.63) is 48.0 Å². The highest BCUT2D eigenvalue weighted by Gasteiger charge is 2.18. The molecular formula is C17H22N4O. The van der Waals surface area contributed by atoms with E-state index in [1.54, 1.807) is 6.33 Å². The van der Waals surface area contributed by atoms with Crippen LogP contribution in [-0.4, -0.2) is 26.7 Å². The summed E-state index contributed by atoms with van der Waals surface area (Å²) in [5.74, 6) is 1.19. The maximum Gasteiger partial charge on any atom is 0.220 e. The van der Waals surface area contributed by atoms with Gasteiger partial charge >= 0.3 is 0 Å². The summed E-state index contributed by atoms with van der Waals surface area (Å²) in [5, 5.41) is 11.2. The third-order valence-corrected chi connectivity index (χ3v) is 4.21. The van der Waals surface area contributed by atoms with Gasteiger partial charge in [-0.05, 0) is 31.2 Å². The van der Waals surface area contributed by atoms with Gasteiger partial charge in [0.1, 0.15) is 12.2 Å². The second kappa shape index (κ2) is 7.20. The minimum absolute atomic E-state index is 0.165. The molecule has 0 aliphatic carbocycles. The van der Waals surface area contributed by atoms with Crippen LogP contribution in [0.4, 0.5) is 0 Å². The summed E-state index contributed by atoms with van der Waals surface area (Å²) in [5.41, 5.74) is 1.29. The number of hydrogen-bond donors (Lipinski definition) is 1. The Balaban J connectivity index is 1.40. The van der Waals surface area contributed by atoms with Gasteiger partial charge in [-0.1, -0.05) is 30.3 Å². The predicted molar refractivity (Wildman–Crippen MR) is 84.3 cm³/mol. The maximum atomic E-state index is 12.1. The molecule has 1 N–H and O–H groups in total. The van der Waals surface area contributed by atoms with E-state index in [1.165, 1.54) is 5.56 Å². The first-order valence-corrected chi connectivity index (χ1v) is 8.01. The highest BCUT2D eigenvalue weighted by atomic mass is 16.1. The third kappa shape index (κ3) is 3.93. The number of aromatic nitrogens is 3. The molecule has 1 aromatic heterocycles. The van der Waals surface area contributed by atoms with Crippen molar-refractivity contribution in [2.24, 2.45) is 0 Å². The van der Waals surface area contributed by atoms with Gasteiger partial charge in [-0.2, -0.15) is 0 Å². The summed E-state index contributed by atoms with van der Waals surface area (Å²) >= 11 is 0. The number of carbonyl (C=O) groups is 1. The van der Waals surface area contributed by atoms with Gasteiger partial charge in [-0.25, -0.2) is 0 Å². The van der Waals surface area contributed by atoms with Crippen LogP contribution in [0.1, 0.15) is 37.1 Å². The van der Waals surface area contributed by atoms with Crippen LogP contribution in [-0.2, 0) is 24.2 Å². The van der Waals surface area contributed by atoms with Gasteiger partial charge in [-0.15, -0.1) is 10.2 Å². The lowest BCUT2D eigenvalue weighted by atomic mass is 10.1. The van der Waals surface area contributed by atoms with Crippen LogP contribution >= 0.6 is 0 Å². The van der Waals surface area contributed by atoms with Crippen molar-refractivity contribution in [1.29, 1.82) is 0 Å². The SMILES string of the molecule is O=C(CCCc1ccccc1)NC1CCc2nncn2CC1. The predicted octanol–water partition coefficient (Wildman–Crippen LogP) is 2.12. The number of benzene rings is 1. The molecule has 0 saturated carbocycles. The van der Waals surface area contributed by atoms with Crippen molar-refractivity contribution in [2.75, 3.05) is 0 Å². The van der Waals surface area contributed by atoms with Crippen molar-refractivity contribution in [2.45, 2.75) is 51.1 Å². The second-order valence-electron chi connectivity index (χ2n) is 5.87. The van der Waals surface area contributed by atoms with E-state index >= 15 is 0 Å². The summed E-state index contributed by atoms with van der Waals surface area (Å²) in [7, 11) is 0. The molecule has 2 aromatic rings. The van der Waals surface area contributed by atoms with Crippen LogP contribution in [0.3, 0.4) is 0 Å². The molecular weight excluding hydrogens is 276 g/mol. The minimum Gasteiger partial charge on any atom is -0.353 e. The fourth-order valence-electron chi connectivity index (χ4n) is 2.94. The number of carbonyl (C=O) groups excluding carboxylic acids is 1. The van der Waals surface area contributed by atoms with Crippen molar-refractivity contribution in [3.8, 4) is 0 Å². The Morgan fingerprint density at radius 1 is 1.27 bits per heavy atom. The second-order valence-corrected chi connectivity index (χ2v) is 5.87. The van der Waals surface area contributed by atoms with E-state index in [1.807, 2.05) is 18.2 Å². The number of nitrogens with one attached hydrogen (secondary N) is 1. The summed E-state index contributed by atoms with van der Waals surface area (Å²) < 4.78 is 2.08. The van der Waals surface area contributed by atoms with Crippen molar-refractivity contribution in [1.82, 2.24) is 20.1 Å². The van der Waals surface area contributed by atoms with E-state index in [4.69, 9.17) is 0 Å². The zero-order valence-corrected chi connectivity index (χ0v) is 12.7. The quantitative estimate of drug-likeness (QED) is 0.920. The van der Waals surface area contributed by atoms with Crippen molar-refractivity contribution < 1.29 is 4.79 Å². The Morgan fingerprint density at radius 2 is 2.14 bits per heavy atom. The first kappa shape index (κ1) is 14.8. The monoisotopic (exact) mass is 298 g/mol. The molecule has 0 saturated heterocycles. The van der Waals surface area contributed by atoms with Gasteiger partial charge in [0.25, 0.3) is 0 Å². The van der Waals surface area contributed by atoms with Gasteiger partial charge in [0.05, 0.1) is 0 Å². The number of hydrogen-bond acceptors (Lipinski definition) is 3. The van der Waals surface area contributed by atoms with Crippen LogP contribution in [0.15, 0.2) is 36.7 Å². The fraction of sp³-hybridized carbons (Fsp3) is 0.471. The molecule has 5 heteroatoms. The van der Waals surface area contributed by atoms with Crippen molar-refractivity contribution >= 4 is 5.91 Å². The van der Waals surface area contributed by atoms with E-state index in [-0.39, 0.29) is 11.9 Å². The minimum atomic E-state index is 0.165. The molecule has 5 nitrogen and oxygen atoms in total. The fourth-order valence-corrected chi connectivity index (χ4v) is 2.94. The number of aryl methyl sites for hydroxylation is 3. The van der Waals surface area contributed by atoms with Crippen LogP contribution in [0.25, 0.3) is 0 Å². The van der Waals surface area contributed by atoms with E-state index in [0.29, 0.717) is 6.42 Å². The Morgan fingerprint density at radius 3 is 3.00 bits per heavy atom. The van der Waals surface area contributed by atoms with Crippen LogP contribution in [0.5, 0.6) is 0 Å². The van der Waals surface area contributed by atoms with Gasteiger partial charge in [0.2, 0.25) is 5.91 Å². The molecule has 116 valence electrons. The number of nitrogens with zero attached hydrogens (tertiary/aromatic N) is 3. The van der Waals surface area contributed by atoms with E-state index in [0.717, 1.165) is 44.5 Å². The Hall–Kier alpha value is -2.17. The highest BCUT2D eigenvalue weighted by molar-refractivity contribution is 5.76. The molecule has 1 aliphatic heterocycles. The van der Waals surface area contributed by atoms with Crippen LogP contribution < -0.4 is 5.32 Å². The molecule has 0 fully saturated rings. The van der Waals surface area contributed by atoms with Gasteiger partial charge in [-0.3, -0.25) is 4.79 Å². The van der Waals surface area contributed by atoms with Crippen LogP contribution in [0.2, 0.25) is 0 Å². The van der Waals surface area contributed by atoms with E-state index in [2.05, 4.69) is 32.2 Å². The average Bonchev–Trinajstić information content (AvgIpc) is 2.90. The molecule has 0 bridgehead atoms. The standard InChI is InChI=1S/C17H22N4O/c22-17(8-4-7-14-5-2-1-3-6-14)19-15-9-10-16-20-18-13-21(16)12-11-15/h1-3,5-6,13,15H,4,7-12H2,(H,19,22). The van der Waals surface area contributed by atoms with E-state index < -0.39 is 0 Å². The van der Waals surface area contributed by atoms with Crippen molar-refractivity contribution in [3.63, 3.8) is 0 Å². The Bertz CT molecular complexity index is 586. The molecule has 3 rings (SSSR count). The third-order valence-electron chi connectivity index (χ3n) is 4.21. The molecule has 1 unspecified atom stereocenters. The average molecular weight is 298 g/mol.